The summed E-state index contributed by atoms with van der Waals surface area (Å²) in [6, 6.07) is 18.6. The van der Waals surface area contributed by atoms with E-state index >= 15 is 0 Å². The third kappa shape index (κ3) is 5.10. The van der Waals surface area contributed by atoms with Crippen LogP contribution in [0.15, 0.2) is 69.8 Å². The molecule has 0 saturated carbocycles. The summed E-state index contributed by atoms with van der Waals surface area (Å²) in [7, 11) is -2.62. The van der Waals surface area contributed by atoms with Gasteiger partial charge in [0.25, 0.3) is 0 Å². The normalized spacial score (nSPS) is 17.2. The predicted octanol–water partition coefficient (Wildman–Crippen LogP) is 2.04. The molecule has 0 aliphatic heterocycles. The quantitative estimate of drug-likeness (QED) is 0.511. The Morgan fingerprint density at radius 3 is 1.62 bits per heavy atom. The first-order chi connectivity index (χ1) is 14.0. The molecular weight excluding hydrogens is 515 g/mol. The van der Waals surface area contributed by atoms with E-state index in [1.54, 1.807) is 16.3 Å². The maximum Gasteiger partial charge on any atom is -1.00 e. The van der Waals surface area contributed by atoms with Gasteiger partial charge in [-0.3, -0.25) is 0 Å². The van der Waals surface area contributed by atoms with Gasteiger partial charge in [-0.1, -0.05) is 0 Å². The van der Waals surface area contributed by atoms with Crippen molar-refractivity contribution in [3.63, 3.8) is 0 Å². The zero-order chi connectivity index (χ0) is 21.8. The molecule has 2 aromatic carbocycles. The Balaban J connectivity index is 0.00000181. The van der Waals surface area contributed by atoms with Crippen LogP contribution in [0.1, 0.15) is 15.3 Å². The van der Waals surface area contributed by atoms with Gasteiger partial charge in [-0.25, -0.2) is 0 Å². The van der Waals surface area contributed by atoms with Crippen molar-refractivity contribution in [3.8, 4) is 11.1 Å². The number of benzene rings is 2. The van der Waals surface area contributed by atoms with Crippen LogP contribution >= 0.6 is 0 Å². The first-order valence-electron chi connectivity index (χ1n) is 11.3. The summed E-state index contributed by atoms with van der Waals surface area (Å²) in [6.07, 6.45) is 5.15. The molecule has 0 heterocycles. The van der Waals surface area contributed by atoms with Gasteiger partial charge < -0.3 is 24.8 Å². The average molecular weight is 552 g/mol. The molecule has 1 atom stereocenters. The molecule has 2 aliphatic carbocycles. The molecule has 0 spiro atoms. The summed E-state index contributed by atoms with van der Waals surface area (Å²) in [4.78, 5) is 0. The molecule has 0 N–H and O–H groups in total. The Morgan fingerprint density at radius 1 is 0.750 bits per heavy atom. The van der Waals surface area contributed by atoms with Gasteiger partial charge in [-0.05, 0) is 0 Å². The van der Waals surface area contributed by atoms with Crippen molar-refractivity contribution in [2.75, 3.05) is 0 Å². The standard InChI is InChI=1S/C13H9.C11H21Si2.C2H6Si.2ClH.Ti/c1-3-7-12-10(5-1)9-11-6-2-4-8-13(11)12;1-12(2,3)10-7-8-11(9-10)13(4,5)6;1-3-2;;;/h1-9H;7,9,11H,1-6H3;1-2H3;2*1H;/q;;;;;+2/p-2. The van der Waals surface area contributed by atoms with Gasteiger partial charge in [0.05, 0.1) is 0 Å². The summed E-state index contributed by atoms with van der Waals surface area (Å²) in [5.74, 6) is 0. The van der Waals surface area contributed by atoms with Gasteiger partial charge in [0.2, 0.25) is 0 Å². The molecule has 0 amide bonds. The number of fused-ring (bicyclic) bond motifs is 3. The molecule has 6 heteroatoms. The Hall–Kier alpha value is -0.135. The molecule has 170 valence electrons. The van der Waals surface area contributed by atoms with Crippen LogP contribution in [0.2, 0.25) is 57.9 Å². The summed E-state index contributed by atoms with van der Waals surface area (Å²) in [5.41, 5.74) is 7.04. The van der Waals surface area contributed by atoms with Crippen LogP contribution in [0.4, 0.5) is 0 Å². The van der Waals surface area contributed by atoms with Gasteiger partial charge in [0.1, 0.15) is 0 Å². The second-order valence-electron chi connectivity index (χ2n) is 11.3. The third-order valence-electron chi connectivity index (χ3n) is 6.76. The molecule has 32 heavy (non-hydrogen) atoms. The molecule has 4 rings (SSSR count). The van der Waals surface area contributed by atoms with Crippen LogP contribution in [0.5, 0.6) is 0 Å². The van der Waals surface area contributed by atoms with Crippen LogP contribution in [-0.2, 0) is 16.6 Å². The summed E-state index contributed by atoms with van der Waals surface area (Å²) < 4.78 is 2.63. The van der Waals surface area contributed by atoms with E-state index in [1.165, 1.54) is 11.1 Å². The minimum atomic E-state index is -1.55. The van der Waals surface area contributed by atoms with Crippen molar-refractivity contribution >= 4 is 22.3 Å². The van der Waals surface area contributed by atoms with Crippen molar-refractivity contribution < 1.29 is 41.4 Å². The molecule has 0 bridgehead atoms. The fourth-order valence-electron chi connectivity index (χ4n) is 5.21. The number of halogens is 2. The van der Waals surface area contributed by atoms with Crippen molar-refractivity contribution in [3.05, 3.63) is 80.9 Å². The monoisotopic (exact) mass is 550 g/mol. The molecule has 0 nitrogen and oxygen atoms in total. The first-order valence-corrected chi connectivity index (χ1v) is 24.9. The van der Waals surface area contributed by atoms with E-state index in [1.807, 2.05) is 3.88 Å². The Bertz CT molecular complexity index is 1060. The van der Waals surface area contributed by atoms with Crippen LogP contribution in [0, 0.1) is 0 Å². The molecular formula is C26H36Cl2Si3Ti. The second kappa shape index (κ2) is 10.2. The van der Waals surface area contributed by atoms with E-state index in [0.717, 1.165) is 5.54 Å². The first kappa shape index (κ1) is 28.1. The predicted molar refractivity (Wildman–Crippen MR) is 138 cm³/mol. The smallest absolute Gasteiger partial charge is 1.00 e. The number of rotatable bonds is 4. The Morgan fingerprint density at radius 2 is 1.22 bits per heavy atom. The zero-order valence-corrected chi connectivity index (χ0v) is 26.8. The van der Waals surface area contributed by atoms with E-state index in [4.69, 9.17) is 0 Å². The largest absolute Gasteiger partial charge is 1.00 e. The minimum absolute atomic E-state index is 0. The summed E-state index contributed by atoms with van der Waals surface area (Å²) >= 11 is -1.55. The zero-order valence-electron chi connectivity index (χ0n) is 20.7. The van der Waals surface area contributed by atoms with Crippen molar-refractivity contribution in [1.82, 2.24) is 0 Å². The van der Waals surface area contributed by atoms with E-state index in [-0.39, 0.29) is 31.0 Å². The van der Waals surface area contributed by atoms with Gasteiger partial charge >= 0.3 is 193 Å². The van der Waals surface area contributed by atoms with E-state index < -0.39 is 32.8 Å². The summed E-state index contributed by atoms with van der Waals surface area (Å²) in [6.45, 7) is 20.6. The Labute approximate surface area is 216 Å². The minimum Gasteiger partial charge on any atom is -1.00 e. The van der Waals surface area contributed by atoms with Gasteiger partial charge in [0.15, 0.2) is 0 Å². The third-order valence-corrected chi connectivity index (χ3v) is 23.7. The van der Waals surface area contributed by atoms with Crippen LogP contribution in [-0.4, -0.2) is 22.3 Å². The maximum absolute atomic E-state index is 2.77. The number of hydrogen-bond acceptors (Lipinski definition) is 0. The maximum atomic E-state index is 2.77. The fourth-order valence-corrected chi connectivity index (χ4v) is 24.0. The molecule has 0 aromatic heterocycles. The van der Waals surface area contributed by atoms with Crippen molar-refractivity contribution in [2.45, 2.75) is 62.1 Å². The van der Waals surface area contributed by atoms with Crippen LogP contribution < -0.4 is 24.8 Å². The van der Waals surface area contributed by atoms with Crippen molar-refractivity contribution in [1.29, 1.82) is 0 Å². The Kier molecular flexibility index (Phi) is 8.99. The van der Waals surface area contributed by atoms with E-state index in [0.29, 0.717) is 4.22 Å². The number of hydrogen-bond donors (Lipinski definition) is 0. The van der Waals surface area contributed by atoms with Gasteiger partial charge in [0, 0.05) is 0 Å². The average Bonchev–Trinajstić information content (AvgIpc) is 3.23. The molecule has 0 fully saturated rings. The topological polar surface area (TPSA) is 0 Å². The molecule has 1 unspecified atom stereocenters. The fraction of sp³-hybridized carbons (Fsp3) is 0.385. The van der Waals surface area contributed by atoms with Gasteiger partial charge in [-0.15, -0.1) is 0 Å². The van der Waals surface area contributed by atoms with Crippen LogP contribution in [0.25, 0.3) is 11.1 Å². The van der Waals surface area contributed by atoms with E-state index in [2.05, 4.69) is 113 Å². The number of allylic oxidation sites excluding steroid dienone is 4. The van der Waals surface area contributed by atoms with E-state index in [9.17, 15) is 0 Å². The molecule has 2 aromatic rings. The molecule has 2 aliphatic rings. The molecule has 0 saturated heterocycles. The second-order valence-corrected chi connectivity index (χ2v) is 33.8. The van der Waals surface area contributed by atoms with Crippen molar-refractivity contribution in [2.24, 2.45) is 0 Å². The SMILES string of the molecule is C[Si](C)=[Ti+2]([C]1=CC([Si](C)(C)C)=CC1[Si](C)(C)C)[CH]1c2ccccc2-c2ccccc21.[Cl-].[Cl-]. The summed E-state index contributed by atoms with van der Waals surface area (Å²) in [5, 5.41) is 1.73. The van der Waals surface area contributed by atoms with Gasteiger partial charge in [-0.2, -0.15) is 0 Å². The van der Waals surface area contributed by atoms with Crippen LogP contribution in [0.3, 0.4) is 0 Å². The molecule has 0 radical (unpaired) electrons.